The summed E-state index contributed by atoms with van der Waals surface area (Å²) in [5.41, 5.74) is 8.43. The molecular formula is C3H6N2Na2O4. The molecule has 0 bridgehead atoms. The Morgan fingerprint density at radius 3 is 1.27 bits per heavy atom. The minimum Gasteiger partial charge on any atom is -0.549 e. The van der Waals surface area contributed by atoms with Crippen molar-refractivity contribution in [2.75, 3.05) is 6.54 Å². The van der Waals surface area contributed by atoms with Crippen molar-refractivity contribution in [3.05, 3.63) is 0 Å². The van der Waals surface area contributed by atoms with E-state index in [0.29, 0.717) is 0 Å². The van der Waals surface area contributed by atoms with Crippen molar-refractivity contribution in [1.29, 1.82) is 0 Å². The zero-order valence-electron chi connectivity index (χ0n) is 6.49. The smallest absolute Gasteiger partial charge is 0.549 e. The van der Waals surface area contributed by atoms with Crippen LogP contribution in [0, 0.1) is 0 Å². The third kappa shape index (κ3) is 111. The summed E-state index contributed by atoms with van der Waals surface area (Å²) in [5, 5.41) is 17.8. The standard InChI is InChI=1S/C2H5NO2.CH3NO2.2Na/c3-1-2(4)5;2-1(3)4;;/h1,3H2,(H,4,5);2H2,(H,3,4);;/q;;2*+1/p-2. The van der Waals surface area contributed by atoms with E-state index in [1.54, 1.807) is 0 Å². The van der Waals surface area contributed by atoms with Crippen molar-refractivity contribution in [3.63, 3.8) is 0 Å². The summed E-state index contributed by atoms with van der Waals surface area (Å²) in [6.07, 6.45) is -1.58. The van der Waals surface area contributed by atoms with Gasteiger partial charge < -0.3 is 31.3 Å². The van der Waals surface area contributed by atoms with Crippen molar-refractivity contribution in [2.24, 2.45) is 11.5 Å². The van der Waals surface area contributed by atoms with Crippen molar-refractivity contribution < 1.29 is 78.9 Å². The summed E-state index contributed by atoms with van der Waals surface area (Å²) in [6, 6.07) is 0. The first-order valence-electron chi connectivity index (χ1n) is 1.87. The average Bonchev–Trinajstić information content (AvgIpc) is 1.65. The molecule has 4 N–H and O–H groups in total. The Balaban J connectivity index is -0.0000000383. The molecule has 11 heavy (non-hydrogen) atoms. The Labute approximate surface area is 108 Å². The average molecular weight is 180 g/mol. The molecule has 0 aromatic rings. The molecule has 0 aliphatic carbocycles. The number of carboxylic acids is 1. The third-order valence-corrected chi connectivity index (χ3v) is 0.167. The molecule has 0 aromatic carbocycles. The van der Waals surface area contributed by atoms with E-state index in [0.717, 1.165) is 0 Å². The van der Waals surface area contributed by atoms with Crippen LogP contribution in [-0.2, 0) is 4.79 Å². The van der Waals surface area contributed by atoms with E-state index in [2.05, 4.69) is 11.5 Å². The maximum Gasteiger partial charge on any atom is 1.00 e. The predicted molar refractivity (Wildman–Crippen MR) is 23.6 cm³/mol. The number of aliphatic carboxylic acids is 1. The molecule has 0 heterocycles. The number of carboxylic acid groups (broad SMARTS) is 2. The van der Waals surface area contributed by atoms with Crippen LogP contribution in [0.15, 0.2) is 0 Å². The largest absolute Gasteiger partial charge is 1.00 e. The molecule has 0 saturated heterocycles. The molecule has 0 spiro atoms. The summed E-state index contributed by atoms with van der Waals surface area (Å²) in [5.74, 6) is -1.22. The first kappa shape index (κ1) is 22.6. The van der Waals surface area contributed by atoms with Gasteiger partial charge in [0.1, 0.15) is 6.09 Å². The van der Waals surface area contributed by atoms with E-state index in [1.807, 2.05) is 0 Å². The van der Waals surface area contributed by atoms with E-state index in [1.165, 1.54) is 0 Å². The molecule has 0 aromatic heterocycles. The summed E-state index contributed by atoms with van der Waals surface area (Å²) in [7, 11) is 0. The number of hydrogen-bond donors (Lipinski definition) is 2. The number of hydrogen-bond acceptors (Lipinski definition) is 5. The number of primary amides is 1. The number of carbonyl (C=O) groups is 2. The van der Waals surface area contributed by atoms with Gasteiger partial charge >= 0.3 is 59.1 Å². The molecule has 54 valence electrons. The molecule has 0 radical (unpaired) electrons. The Morgan fingerprint density at radius 2 is 1.27 bits per heavy atom. The molecule has 8 heteroatoms. The minimum atomic E-state index is -1.58. The maximum absolute atomic E-state index is 9.13. The molecule has 1 amide bonds. The topological polar surface area (TPSA) is 132 Å². The van der Waals surface area contributed by atoms with Crippen LogP contribution in [0.2, 0.25) is 0 Å². The van der Waals surface area contributed by atoms with Gasteiger partial charge in [0.2, 0.25) is 0 Å². The van der Waals surface area contributed by atoms with Crippen LogP contribution in [0.5, 0.6) is 0 Å². The summed E-state index contributed by atoms with van der Waals surface area (Å²) >= 11 is 0. The van der Waals surface area contributed by atoms with Gasteiger partial charge in [-0.1, -0.05) is 0 Å². The second kappa shape index (κ2) is 17.0. The van der Waals surface area contributed by atoms with Crippen LogP contribution < -0.4 is 80.8 Å². The van der Waals surface area contributed by atoms with Crippen LogP contribution in [0.25, 0.3) is 0 Å². The summed E-state index contributed by atoms with van der Waals surface area (Å²) in [4.78, 5) is 17.8. The number of rotatable bonds is 1. The fourth-order valence-electron chi connectivity index (χ4n) is 0. The normalized spacial score (nSPS) is 5.55. The van der Waals surface area contributed by atoms with Crippen molar-refractivity contribution >= 4 is 12.1 Å². The van der Waals surface area contributed by atoms with Gasteiger partial charge in [-0.25, -0.2) is 0 Å². The van der Waals surface area contributed by atoms with Gasteiger partial charge in [0.05, 0.1) is 5.97 Å². The van der Waals surface area contributed by atoms with Crippen LogP contribution >= 0.6 is 0 Å². The van der Waals surface area contributed by atoms with Crippen LogP contribution in [0.1, 0.15) is 0 Å². The summed E-state index contributed by atoms with van der Waals surface area (Å²) in [6.45, 7) is -0.389. The number of amides is 1. The molecule has 0 unspecified atom stereocenters. The SMILES string of the molecule is NC(=O)[O-].NCC(=O)[O-].[Na+].[Na+]. The molecule has 0 rings (SSSR count). The van der Waals surface area contributed by atoms with Crippen LogP contribution in [0.4, 0.5) is 4.79 Å². The van der Waals surface area contributed by atoms with E-state index in [4.69, 9.17) is 19.8 Å². The van der Waals surface area contributed by atoms with E-state index >= 15 is 0 Å². The maximum atomic E-state index is 9.13. The molecular weight excluding hydrogens is 174 g/mol. The van der Waals surface area contributed by atoms with Crippen LogP contribution in [0.3, 0.4) is 0 Å². The first-order valence-corrected chi connectivity index (χ1v) is 1.87. The predicted octanol–water partition coefficient (Wildman–Crippen LogP) is -10.0. The van der Waals surface area contributed by atoms with Crippen LogP contribution in [-0.4, -0.2) is 18.6 Å². The Morgan fingerprint density at radius 1 is 1.18 bits per heavy atom. The van der Waals surface area contributed by atoms with Crippen molar-refractivity contribution in [2.45, 2.75) is 0 Å². The first-order chi connectivity index (χ1) is 4.00. The Hall–Kier alpha value is 0.700. The number of carbonyl (C=O) groups excluding carboxylic acids is 2. The van der Waals surface area contributed by atoms with Gasteiger partial charge in [0.25, 0.3) is 0 Å². The second-order valence-electron chi connectivity index (χ2n) is 0.895. The van der Waals surface area contributed by atoms with E-state index in [-0.39, 0.29) is 65.7 Å². The molecule has 6 nitrogen and oxygen atoms in total. The minimum absolute atomic E-state index is 0. The zero-order chi connectivity index (χ0) is 7.86. The Bertz CT molecular complexity index is 106. The molecule has 0 aliphatic rings. The van der Waals surface area contributed by atoms with Crippen molar-refractivity contribution in [1.82, 2.24) is 0 Å². The molecule has 0 aliphatic heterocycles. The quantitative estimate of drug-likeness (QED) is 0.386. The fourth-order valence-corrected chi connectivity index (χ4v) is 0. The van der Waals surface area contributed by atoms with Gasteiger partial charge in [-0.15, -0.1) is 0 Å². The molecule has 0 saturated carbocycles. The monoisotopic (exact) mass is 180 g/mol. The summed E-state index contributed by atoms with van der Waals surface area (Å²) < 4.78 is 0. The third-order valence-electron chi connectivity index (χ3n) is 0.167. The van der Waals surface area contributed by atoms with Gasteiger partial charge in [-0.05, 0) is 0 Å². The molecule has 0 fully saturated rings. The van der Waals surface area contributed by atoms with Gasteiger partial charge in [-0.2, -0.15) is 0 Å². The van der Waals surface area contributed by atoms with E-state index < -0.39 is 12.1 Å². The zero-order valence-corrected chi connectivity index (χ0v) is 10.5. The van der Waals surface area contributed by atoms with Gasteiger partial charge in [0, 0.05) is 6.54 Å². The van der Waals surface area contributed by atoms with Crippen molar-refractivity contribution in [3.8, 4) is 0 Å². The van der Waals surface area contributed by atoms with E-state index in [9.17, 15) is 0 Å². The Kier molecular flexibility index (Phi) is 34.9. The molecule has 0 atom stereocenters. The fraction of sp³-hybridized carbons (Fsp3) is 0.333. The number of nitrogens with two attached hydrogens (primary N) is 2. The van der Waals surface area contributed by atoms with Gasteiger partial charge in [0.15, 0.2) is 0 Å². The van der Waals surface area contributed by atoms with Gasteiger partial charge in [-0.3, -0.25) is 0 Å². The second-order valence-corrected chi connectivity index (χ2v) is 0.895.